The van der Waals surface area contributed by atoms with Crippen molar-refractivity contribution >= 4 is 31.9 Å². The molecule has 0 amide bonds. The van der Waals surface area contributed by atoms with E-state index in [9.17, 15) is 0 Å². The molecular weight excluding hydrogens is 340 g/mol. The third-order valence-corrected chi connectivity index (χ3v) is 5.79. The van der Waals surface area contributed by atoms with Crippen molar-refractivity contribution in [2.75, 3.05) is 6.61 Å². The molecule has 3 nitrogen and oxygen atoms in total. The summed E-state index contributed by atoms with van der Waals surface area (Å²) in [5.41, 5.74) is 0. The number of halogens is 2. The van der Waals surface area contributed by atoms with Crippen LogP contribution in [0.15, 0.2) is 0 Å². The van der Waals surface area contributed by atoms with Crippen molar-refractivity contribution in [3.63, 3.8) is 0 Å². The molecule has 0 aromatic carbocycles. The van der Waals surface area contributed by atoms with Crippen LogP contribution in [0.25, 0.3) is 0 Å². The Morgan fingerprint density at radius 2 is 1.94 bits per heavy atom. The van der Waals surface area contributed by atoms with E-state index in [1.807, 2.05) is 13.8 Å². The summed E-state index contributed by atoms with van der Waals surface area (Å²) in [6, 6.07) is 0. The largest absolute Gasteiger partial charge is 0.369 e. The number of fused-ring (bicyclic) bond motifs is 1. The van der Waals surface area contributed by atoms with Gasteiger partial charge < -0.3 is 14.2 Å². The molecular formula is C11H16Br2O3. The molecule has 0 bridgehead atoms. The van der Waals surface area contributed by atoms with Crippen molar-refractivity contribution < 1.29 is 14.2 Å². The number of alkyl halides is 2. The molecule has 5 atom stereocenters. The van der Waals surface area contributed by atoms with Crippen LogP contribution in [0.5, 0.6) is 0 Å². The van der Waals surface area contributed by atoms with Gasteiger partial charge in [0.1, 0.15) is 9.34 Å². The van der Waals surface area contributed by atoms with Crippen LogP contribution in [0.1, 0.15) is 20.8 Å². The fourth-order valence-corrected chi connectivity index (χ4v) is 4.76. The van der Waals surface area contributed by atoms with E-state index in [1.54, 1.807) is 0 Å². The Kier molecular flexibility index (Phi) is 2.56. The normalized spacial score (nSPS) is 52.7. The molecule has 0 aromatic heterocycles. The summed E-state index contributed by atoms with van der Waals surface area (Å²) in [5, 5.41) is 0. The molecule has 2 heterocycles. The lowest BCUT2D eigenvalue weighted by Gasteiger charge is -2.27. The molecule has 16 heavy (non-hydrogen) atoms. The molecule has 1 aliphatic carbocycles. The standard InChI is InChI=1S/C11H16Br2O3/c1-5-7-9(11(7,12)13)15-8(5)6-4-14-10(2,3)16-6/h5-9H,4H2,1-3H3/t5-,6-,7?,8+,9?/m1/s1. The molecule has 3 fully saturated rings. The third kappa shape index (κ3) is 1.62. The Hall–Kier alpha value is 0.840. The van der Waals surface area contributed by atoms with E-state index in [4.69, 9.17) is 14.2 Å². The molecule has 92 valence electrons. The number of hydrogen-bond donors (Lipinski definition) is 0. The molecule has 0 N–H and O–H groups in total. The fraction of sp³-hybridized carbons (Fsp3) is 1.00. The number of ether oxygens (including phenoxy) is 3. The predicted octanol–water partition coefficient (Wildman–Crippen LogP) is 2.66. The molecule has 1 saturated carbocycles. The van der Waals surface area contributed by atoms with Crippen LogP contribution in [-0.4, -0.2) is 33.9 Å². The highest BCUT2D eigenvalue weighted by molar-refractivity contribution is 9.25. The first-order valence-electron chi connectivity index (χ1n) is 5.68. The second-order valence-corrected chi connectivity index (χ2v) is 9.14. The summed E-state index contributed by atoms with van der Waals surface area (Å²) < 4.78 is 17.5. The van der Waals surface area contributed by atoms with Gasteiger partial charge in [-0.05, 0) is 19.8 Å². The Balaban J connectivity index is 1.68. The minimum Gasteiger partial charge on any atom is -0.369 e. The van der Waals surface area contributed by atoms with Gasteiger partial charge >= 0.3 is 0 Å². The van der Waals surface area contributed by atoms with Crippen molar-refractivity contribution in [2.45, 2.75) is 48.1 Å². The summed E-state index contributed by atoms with van der Waals surface area (Å²) in [6.45, 7) is 6.77. The van der Waals surface area contributed by atoms with Gasteiger partial charge in [-0.15, -0.1) is 0 Å². The number of rotatable bonds is 1. The van der Waals surface area contributed by atoms with Gasteiger partial charge in [-0.2, -0.15) is 0 Å². The topological polar surface area (TPSA) is 27.7 Å². The zero-order valence-corrected chi connectivity index (χ0v) is 12.7. The number of hydrogen-bond acceptors (Lipinski definition) is 3. The monoisotopic (exact) mass is 354 g/mol. The van der Waals surface area contributed by atoms with E-state index >= 15 is 0 Å². The van der Waals surface area contributed by atoms with Crippen LogP contribution >= 0.6 is 31.9 Å². The summed E-state index contributed by atoms with van der Waals surface area (Å²) >= 11 is 7.30. The molecule has 0 aromatic rings. The lowest BCUT2D eigenvalue weighted by Crippen LogP contribution is -2.37. The van der Waals surface area contributed by atoms with Crippen molar-refractivity contribution in [3.8, 4) is 0 Å². The van der Waals surface area contributed by atoms with E-state index in [2.05, 4.69) is 38.8 Å². The first-order chi connectivity index (χ1) is 7.33. The van der Waals surface area contributed by atoms with E-state index in [0.29, 0.717) is 18.4 Å². The first kappa shape index (κ1) is 11.9. The highest BCUT2D eigenvalue weighted by Crippen LogP contribution is 2.67. The summed E-state index contributed by atoms with van der Waals surface area (Å²) in [4.78, 5) is 0. The van der Waals surface area contributed by atoms with E-state index in [0.717, 1.165) is 0 Å². The van der Waals surface area contributed by atoms with Crippen LogP contribution in [0, 0.1) is 11.8 Å². The SMILES string of the molecule is C[C@@H]1C2C(O[C@@H]1[C@H]1COC(C)(C)O1)C2(Br)Br. The van der Waals surface area contributed by atoms with Crippen molar-refractivity contribution in [1.82, 2.24) is 0 Å². The van der Waals surface area contributed by atoms with Crippen molar-refractivity contribution in [3.05, 3.63) is 0 Å². The fourth-order valence-electron chi connectivity index (χ4n) is 2.92. The minimum absolute atomic E-state index is 0.00486. The van der Waals surface area contributed by atoms with Crippen LogP contribution in [0.2, 0.25) is 0 Å². The van der Waals surface area contributed by atoms with E-state index in [1.165, 1.54) is 0 Å². The second-order valence-electron chi connectivity index (χ2n) is 5.45. The van der Waals surface area contributed by atoms with E-state index < -0.39 is 5.79 Å². The minimum atomic E-state index is -0.458. The van der Waals surface area contributed by atoms with Crippen LogP contribution in [0.3, 0.4) is 0 Å². The second kappa shape index (κ2) is 3.44. The van der Waals surface area contributed by atoms with Gasteiger partial charge in [0.05, 0.1) is 18.8 Å². The maximum absolute atomic E-state index is 6.04. The zero-order chi connectivity index (χ0) is 11.7. The van der Waals surface area contributed by atoms with Gasteiger partial charge in [0, 0.05) is 5.92 Å². The Morgan fingerprint density at radius 3 is 2.38 bits per heavy atom. The average Bonchev–Trinajstić information content (AvgIpc) is 2.49. The molecule has 3 rings (SSSR count). The Morgan fingerprint density at radius 1 is 1.25 bits per heavy atom. The Bertz CT molecular complexity index is 318. The summed E-state index contributed by atoms with van der Waals surface area (Å²) in [6.07, 6.45) is 0.522. The summed E-state index contributed by atoms with van der Waals surface area (Å²) in [7, 11) is 0. The van der Waals surface area contributed by atoms with Crippen molar-refractivity contribution in [2.24, 2.45) is 11.8 Å². The van der Waals surface area contributed by atoms with Crippen LogP contribution in [-0.2, 0) is 14.2 Å². The molecule has 2 unspecified atom stereocenters. The van der Waals surface area contributed by atoms with Crippen molar-refractivity contribution in [1.29, 1.82) is 0 Å². The first-order valence-corrected chi connectivity index (χ1v) is 7.26. The molecule has 0 spiro atoms. The van der Waals surface area contributed by atoms with Gasteiger partial charge in [0.15, 0.2) is 5.79 Å². The average molecular weight is 356 g/mol. The zero-order valence-electron chi connectivity index (χ0n) is 9.57. The Labute approximate surface area is 112 Å². The maximum Gasteiger partial charge on any atom is 0.163 e. The summed E-state index contributed by atoms with van der Waals surface area (Å²) in [5.74, 6) is 0.580. The highest BCUT2D eigenvalue weighted by Gasteiger charge is 2.72. The predicted molar refractivity (Wildman–Crippen MR) is 66.8 cm³/mol. The van der Waals surface area contributed by atoms with Gasteiger partial charge in [0.2, 0.25) is 0 Å². The van der Waals surface area contributed by atoms with Gasteiger partial charge in [0.25, 0.3) is 0 Å². The molecule has 5 heteroatoms. The molecule has 3 aliphatic rings. The van der Waals surface area contributed by atoms with Gasteiger partial charge in [-0.1, -0.05) is 38.8 Å². The lowest BCUT2D eigenvalue weighted by atomic mass is 9.97. The molecule has 2 saturated heterocycles. The van der Waals surface area contributed by atoms with Crippen LogP contribution < -0.4 is 0 Å². The maximum atomic E-state index is 6.04. The molecule has 2 aliphatic heterocycles. The van der Waals surface area contributed by atoms with Crippen LogP contribution in [0.4, 0.5) is 0 Å². The highest BCUT2D eigenvalue weighted by atomic mass is 79.9. The van der Waals surface area contributed by atoms with Gasteiger partial charge in [-0.25, -0.2) is 0 Å². The molecule has 0 radical (unpaired) electrons. The smallest absolute Gasteiger partial charge is 0.163 e. The lowest BCUT2D eigenvalue weighted by molar-refractivity contribution is -0.157. The van der Waals surface area contributed by atoms with Gasteiger partial charge in [-0.3, -0.25) is 0 Å². The van der Waals surface area contributed by atoms with E-state index in [-0.39, 0.29) is 21.5 Å². The third-order valence-electron chi connectivity index (χ3n) is 3.83. The quantitative estimate of drug-likeness (QED) is 0.677.